The summed E-state index contributed by atoms with van der Waals surface area (Å²) in [6.07, 6.45) is 1.58. The Hall–Kier alpha value is -4.17. The molecule has 1 amide bonds. The van der Waals surface area contributed by atoms with E-state index >= 15 is 0 Å². The maximum atomic E-state index is 13.6. The van der Waals surface area contributed by atoms with Crippen LogP contribution in [0.3, 0.4) is 0 Å². The number of benzene rings is 3. The van der Waals surface area contributed by atoms with E-state index in [4.69, 9.17) is 4.42 Å². The zero-order valence-electron chi connectivity index (χ0n) is 19.5. The quantitative estimate of drug-likeness (QED) is 0.258. The summed E-state index contributed by atoms with van der Waals surface area (Å²) in [5.74, 6) is 1.55. The number of nitrogens with one attached hydrogen (secondary N) is 1. The Morgan fingerprint density at radius 1 is 0.972 bits per heavy atom. The van der Waals surface area contributed by atoms with Gasteiger partial charge in [0.2, 0.25) is 0 Å². The van der Waals surface area contributed by atoms with E-state index in [9.17, 15) is 9.18 Å². The number of carbonyl (C=O) groups excluding carboxylic acids is 1. The molecular weight excluding hydrogens is 475 g/mol. The minimum Gasteiger partial charge on any atom is -0.467 e. The van der Waals surface area contributed by atoms with Crippen LogP contribution < -0.4 is 5.32 Å². The third-order valence-corrected chi connectivity index (χ3v) is 6.62. The van der Waals surface area contributed by atoms with Gasteiger partial charge in [0.25, 0.3) is 5.91 Å². The van der Waals surface area contributed by atoms with Gasteiger partial charge < -0.3 is 9.73 Å². The van der Waals surface area contributed by atoms with Crippen LogP contribution in [0, 0.1) is 12.7 Å². The lowest BCUT2D eigenvalue weighted by molar-refractivity contribution is 0.0948. The lowest BCUT2D eigenvalue weighted by Gasteiger charge is -2.11. The lowest BCUT2D eigenvalue weighted by Crippen LogP contribution is -2.22. The number of thioether (sulfide) groups is 1. The number of halogens is 1. The first-order valence-electron chi connectivity index (χ1n) is 11.4. The van der Waals surface area contributed by atoms with Crippen LogP contribution in [-0.2, 0) is 12.3 Å². The molecule has 8 heteroatoms. The van der Waals surface area contributed by atoms with Crippen molar-refractivity contribution in [3.05, 3.63) is 119 Å². The molecule has 0 spiro atoms. The number of hydrogen-bond donors (Lipinski definition) is 1. The third kappa shape index (κ3) is 5.39. The molecule has 2 heterocycles. The highest BCUT2D eigenvalue weighted by Gasteiger charge is 2.17. The Morgan fingerprint density at radius 3 is 2.42 bits per heavy atom. The summed E-state index contributed by atoms with van der Waals surface area (Å²) in [6, 6.07) is 25.4. The number of amides is 1. The number of nitrogens with zero attached hydrogens (tertiary/aromatic N) is 3. The molecule has 3 aromatic carbocycles. The maximum Gasteiger partial charge on any atom is 0.251 e. The van der Waals surface area contributed by atoms with Gasteiger partial charge >= 0.3 is 0 Å². The first-order valence-corrected chi connectivity index (χ1v) is 12.4. The molecule has 5 aromatic rings. The largest absolute Gasteiger partial charge is 0.467 e. The fourth-order valence-electron chi connectivity index (χ4n) is 3.66. The van der Waals surface area contributed by atoms with Gasteiger partial charge in [0, 0.05) is 22.6 Å². The molecule has 1 N–H and O–H groups in total. The zero-order valence-corrected chi connectivity index (χ0v) is 20.3. The molecule has 0 bridgehead atoms. The molecule has 6 nitrogen and oxygen atoms in total. The highest BCUT2D eigenvalue weighted by molar-refractivity contribution is 7.98. The van der Waals surface area contributed by atoms with Crippen LogP contribution in [0.2, 0.25) is 0 Å². The summed E-state index contributed by atoms with van der Waals surface area (Å²) in [5, 5.41) is 12.4. The van der Waals surface area contributed by atoms with Crippen LogP contribution in [0.4, 0.5) is 4.39 Å². The minimum atomic E-state index is -0.300. The number of rotatable bonds is 8. The van der Waals surface area contributed by atoms with E-state index in [1.165, 1.54) is 23.9 Å². The Morgan fingerprint density at radius 2 is 1.72 bits per heavy atom. The second-order valence-corrected chi connectivity index (χ2v) is 9.17. The first kappa shape index (κ1) is 23.6. The minimum absolute atomic E-state index is 0.163. The molecule has 0 fully saturated rings. The maximum absolute atomic E-state index is 13.6. The lowest BCUT2D eigenvalue weighted by atomic mass is 10.1. The van der Waals surface area contributed by atoms with Gasteiger partial charge in [-0.1, -0.05) is 53.7 Å². The fraction of sp³-hybridized carbons (Fsp3) is 0.107. The normalized spacial score (nSPS) is 10.9. The van der Waals surface area contributed by atoms with E-state index in [1.54, 1.807) is 36.6 Å². The Balaban J connectivity index is 1.32. The molecule has 0 radical (unpaired) electrons. The molecular formula is C28H23FN4O2S. The Labute approximate surface area is 212 Å². The van der Waals surface area contributed by atoms with Crippen LogP contribution in [0.1, 0.15) is 27.2 Å². The van der Waals surface area contributed by atoms with Gasteiger partial charge in [0.1, 0.15) is 11.6 Å². The van der Waals surface area contributed by atoms with Gasteiger partial charge in [-0.3, -0.25) is 9.36 Å². The third-order valence-electron chi connectivity index (χ3n) is 5.62. The van der Waals surface area contributed by atoms with Gasteiger partial charge in [0.15, 0.2) is 11.0 Å². The topological polar surface area (TPSA) is 73.0 Å². The summed E-state index contributed by atoms with van der Waals surface area (Å²) < 4.78 is 20.8. The summed E-state index contributed by atoms with van der Waals surface area (Å²) in [5.41, 5.74) is 4.47. The second-order valence-electron chi connectivity index (χ2n) is 8.23. The monoisotopic (exact) mass is 498 g/mol. The van der Waals surface area contributed by atoms with Crippen LogP contribution in [0.15, 0.2) is 101 Å². The standard InChI is InChI=1S/C28H23FN4O2S/c1-19-4-8-21(9-5-19)26-31-32-28(33(26)24-14-12-23(29)13-15-24)36-18-20-6-10-22(11-7-20)27(34)30-17-25-3-2-16-35-25/h2-16H,17-18H2,1H3,(H,30,34). The predicted molar refractivity (Wildman–Crippen MR) is 137 cm³/mol. The average Bonchev–Trinajstić information content (AvgIpc) is 3.58. The Kier molecular flexibility index (Phi) is 6.95. The number of carbonyl (C=O) groups is 1. The van der Waals surface area contributed by atoms with Crippen molar-refractivity contribution in [1.29, 1.82) is 0 Å². The molecule has 2 aromatic heterocycles. The molecule has 36 heavy (non-hydrogen) atoms. The number of hydrogen-bond acceptors (Lipinski definition) is 5. The molecule has 0 atom stereocenters. The summed E-state index contributed by atoms with van der Waals surface area (Å²) in [4.78, 5) is 12.4. The van der Waals surface area contributed by atoms with E-state index in [-0.39, 0.29) is 11.7 Å². The van der Waals surface area contributed by atoms with Crippen LogP contribution >= 0.6 is 11.8 Å². The second kappa shape index (κ2) is 10.6. The molecule has 0 aliphatic carbocycles. The summed E-state index contributed by atoms with van der Waals surface area (Å²) in [7, 11) is 0. The average molecular weight is 499 g/mol. The van der Waals surface area contributed by atoms with Crippen LogP contribution in [0.25, 0.3) is 17.1 Å². The molecule has 0 unspecified atom stereocenters. The molecule has 180 valence electrons. The predicted octanol–water partition coefficient (Wildman–Crippen LogP) is 6.20. The SMILES string of the molecule is Cc1ccc(-c2nnc(SCc3ccc(C(=O)NCc4ccco4)cc3)n2-c2ccc(F)cc2)cc1. The fourth-order valence-corrected chi connectivity index (χ4v) is 4.57. The van der Waals surface area contributed by atoms with Gasteiger partial charge in [0.05, 0.1) is 12.8 Å². The summed E-state index contributed by atoms with van der Waals surface area (Å²) in [6.45, 7) is 2.37. The van der Waals surface area contributed by atoms with Gasteiger partial charge in [-0.05, 0) is 61.0 Å². The van der Waals surface area contributed by atoms with Gasteiger partial charge in [-0.15, -0.1) is 10.2 Å². The van der Waals surface area contributed by atoms with Crippen molar-refractivity contribution < 1.29 is 13.6 Å². The first-order chi connectivity index (χ1) is 17.6. The Bertz CT molecular complexity index is 1450. The van der Waals surface area contributed by atoms with Crippen molar-refractivity contribution in [2.45, 2.75) is 24.4 Å². The highest BCUT2D eigenvalue weighted by Crippen LogP contribution is 2.30. The highest BCUT2D eigenvalue weighted by atomic mass is 32.2. The van der Waals surface area contributed by atoms with Crippen molar-refractivity contribution in [3.63, 3.8) is 0 Å². The number of aryl methyl sites for hydroxylation is 1. The van der Waals surface area contributed by atoms with Crippen molar-refractivity contribution in [2.24, 2.45) is 0 Å². The van der Waals surface area contributed by atoms with Crippen LogP contribution in [-0.4, -0.2) is 20.7 Å². The number of furan rings is 1. The molecule has 0 aliphatic rings. The zero-order chi connectivity index (χ0) is 24.9. The van der Waals surface area contributed by atoms with Crippen LogP contribution in [0.5, 0.6) is 0 Å². The van der Waals surface area contributed by atoms with Crippen molar-refractivity contribution in [2.75, 3.05) is 0 Å². The van der Waals surface area contributed by atoms with Gasteiger partial charge in [-0.2, -0.15) is 0 Å². The summed E-state index contributed by atoms with van der Waals surface area (Å²) >= 11 is 1.52. The molecule has 0 saturated carbocycles. The van der Waals surface area contributed by atoms with Crippen molar-refractivity contribution in [1.82, 2.24) is 20.1 Å². The smallest absolute Gasteiger partial charge is 0.251 e. The van der Waals surface area contributed by atoms with E-state index in [0.717, 1.165) is 22.4 Å². The van der Waals surface area contributed by atoms with E-state index < -0.39 is 0 Å². The molecule has 0 aliphatic heterocycles. The molecule has 5 rings (SSSR count). The molecule has 0 saturated heterocycles. The van der Waals surface area contributed by atoms with E-state index in [2.05, 4.69) is 15.5 Å². The van der Waals surface area contributed by atoms with E-state index in [0.29, 0.717) is 34.6 Å². The van der Waals surface area contributed by atoms with E-state index in [1.807, 2.05) is 54.0 Å². The van der Waals surface area contributed by atoms with Crippen molar-refractivity contribution >= 4 is 17.7 Å². The number of aromatic nitrogens is 3. The van der Waals surface area contributed by atoms with Gasteiger partial charge in [-0.25, -0.2) is 4.39 Å². The van der Waals surface area contributed by atoms with Crippen molar-refractivity contribution in [3.8, 4) is 17.1 Å².